The first-order valence-electron chi connectivity index (χ1n) is 6.90. The second kappa shape index (κ2) is 7.74. The summed E-state index contributed by atoms with van der Waals surface area (Å²) in [5.41, 5.74) is 4.13. The van der Waals surface area contributed by atoms with E-state index < -0.39 is 0 Å². The molecule has 0 radical (unpaired) electrons. The molecule has 0 aliphatic rings. The molecule has 2 aromatic rings. The van der Waals surface area contributed by atoms with E-state index in [9.17, 15) is 9.90 Å². The van der Waals surface area contributed by atoms with Crippen LogP contribution in [0.5, 0.6) is 11.5 Å². The number of methoxy groups -OCH3 is 1. The van der Waals surface area contributed by atoms with Crippen LogP contribution in [0.2, 0.25) is 0 Å². The number of hydrogen-bond donors (Lipinski definition) is 2. The van der Waals surface area contributed by atoms with E-state index in [-0.39, 0.29) is 11.7 Å². The zero-order valence-corrected chi connectivity index (χ0v) is 12.7. The summed E-state index contributed by atoms with van der Waals surface area (Å²) in [7, 11) is 1.47. The van der Waals surface area contributed by atoms with E-state index in [0.29, 0.717) is 23.3 Å². The summed E-state index contributed by atoms with van der Waals surface area (Å²) in [6.07, 6.45) is 6.75. The highest BCUT2D eigenvalue weighted by molar-refractivity contribution is 5.94. The lowest BCUT2D eigenvalue weighted by molar-refractivity contribution is 0.0954. The smallest absolute Gasteiger partial charge is 0.272 e. The number of allylic oxidation sites excluding steroid dienone is 1. The Hall–Kier alpha value is -3.15. The molecule has 0 aliphatic heterocycles. The molecule has 23 heavy (non-hydrogen) atoms. The highest BCUT2D eigenvalue weighted by atomic mass is 16.5. The Morgan fingerprint density at radius 3 is 3.00 bits per heavy atom. The molecule has 1 amide bonds. The minimum Gasteiger partial charge on any atom is -0.504 e. The second-order valence-corrected chi connectivity index (χ2v) is 4.67. The Bertz CT molecular complexity index is 727. The Morgan fingerprint density at radius 2 is 2.35 bits per heavy atom. The third kappa shape index (κ3) is 4.16. The highest BCUT2D eigenvalue weighted by Crippen LogP contribution is 2.30. The first kappa shape index (κ1) is 16.2. The van der Waals surface area contributed by atoms with E-state index in [1.54, 1.807) is 36.5 Å². The Kier molecular flexibility index (Phi) is 5.46. The normalized spacial score (nSPS) is 10.5. The third-order valence-corrected chi connectivity index (χ3v) is 3.06. The van der Waals surface area contributed by atoms with Crippen LogP contribution in [-0.2, 0) is 6.42 Å². The minimum absolute atomic E-state index is 0.0420. The van der Waals surface area contributed by atoms with Gasteiger partial charge >= 0.3 is 0 Å². The molecule has 6 heteroatoms. The van der Waals surface area contributed by atoms with E-state index in [4.69, 9.17) is 4.74 Å². The van der Waals surface area contributed by atoms with Crippen molar-refractivity contribution in [1.82, 2.24) is 10.4 Å². The maximum absolute atomic E-state index is 11.8. The molecule has 2 N–H and O–H groups in total. The zero-order valence-electron chi connectivity index (χ0n) is 12.7. The number of aromatic hydroxyl groups is 1. The summed E-state index contributed by atoms with van der Waals surface area (Å²) in [4.78, 5) is 15.7. The molecule has 0 aliphatic carbocycles. The molecule has 1 aromatic carbocycles. The number of phenols is 1. The molecule has 118 valence electrons. The quantitative estimate of drug-likeness (QED) is 0.487. The second-order valence-electron chi connectivity index (χ2n) is 4.67. The Morgan fingerprint density at radius 1 is 1.52 bits per heavy atom. The number of nitrogens with one attached hydrogen (secondary N) is 1. The van der Waals surface area contributed by atoms with Gasteiger partial charge in [0.15, 0.2) is 11.5 Å². The van der Waals surface area contributed by atoms with Gasteiger partial charge in [0.05, 0.1) is 18.9 Å². The predicted molar refractivity (Wildman–Crippen MR) is 87.9 cm³/mol. The lowest BCUT2D eigenvalue weighted by Gasteiger charge is -2.08. The van der Waals surface area contributed by atoms with Gasteiger partial charge in [-0.2, -0.15) is 5.10 Å². The van der Waals surface area contributed by atoms with Gasteiger partial charge < -0.3 is 9.84 Å². The Balaban J connectivity index is 2.17. The van der Waals surface area contributed by atoms with Crippen molar-refractivity contribution in [3.05, 3.63) is 66.0 Å². The maximum atomic E-state index is 11.8. The van der Waals surface area contributed by atoms with Crippen molar-refractivity contribution in [2.45, 2.75) is 6.42 Å². The van der Waals surface area contributed by atoms with Gasteiger partial charge in [-0.1, -0.05) is 6.08 Å². The molecule has 1 heterocycles. The van der Waals surface area contributed by atoms with Crippen molar-refractivity contribution in [3.8, 4) is 11.5 Å². The summed E-state index contributed by atoms with van der Waals surface area (Å²) in [5.74, 6) is -0.0906. The number of carbonyl (C=O) groups excluding carboxylic acids is 1. The number of carbonyl (C=O) groups is 1. The first-order chi connectivity index (χ1) is 11.2. The van der Waals surface area contributed by atoms with Crippen molar-refractivity contribution in [3.63, 3.8) is 0 Å². The minimum atomic E-state index is -0.386. The lowest BCUT2D eigenvalue weighted by Crippen LogP contribution is -2.17. The molecule has 1 aromatic heterocycles. The largest absolute Gasteiger partial charge is 0.504 e. The van der Waals surface area contributed by atoms with Gasteiger partial charge in [-0.25, -0.2) is 5.43 Å². The van der Waals surface area contributed by atoms with Crippen molar-refractivity contribution in [2.24, 2.45) is 5.10 Å². The van der Waals surface area contributed by atoms with Gasteiger partial charge in [0.25, 0.3) is 5.91 Å². The molecule has 0 unspecified atom stereocenters. The molecule has 0 fully saturated rings. The number of ether oxygens (including phenoxy) is 1. The molecule has 0 atom stereocenters. The average molecular weight is 311 g/mol. The summed E-state index contributed by atoms with van der Waals surface area (Å²) in [5, 5.41) is 14.0. The fourth-order valence-electron chi connectivity index (χ4n) is 1.95. The van der Waals surface area contributed by atoms with Crippen LogP contribution < -0.4 is 10.2 Å². The van der Waals surface area contributed by atoms with Gasteiger partial charge in [-0.3, -0.25) is 9.78 Å². The molecule has 6 nitrogen and oxygen atoms in total. The van der Waals surface area contributed by atoms with Crippen LogP contribution in [0, 0.1) is 0 Å². The average Bonchev–Trinajstić information content (AvgIpc) is 2.58. The number of nitrogens with zero attached hydrogens (tertiary/aromatic N) is 2. The van der Waals surface area contributed by atoms with Crippen LogP contribution in [0.4, 0.5) is 0 Å². The summed E-state index contributed by atoms with van der Waals surface area (Å²) in [6, 6.07) is 6.76. The molecule has 0 bridgehead atoms. The van der Waals surface area contributed by atoms with Crippen molar-refractivity contribution < 1.29 is 14.6 Å². The summed E-state index contributed by atoms with van der Waals surface area (Å²) >= 11 is 0. The number of hydrazone groups is 1. The van der Waals surface area contributed by atoms with Crippen LogP contribution in [0.1, 0.15) is 21.5 Å². The number of aromatic nitrogens is 1. The molecule has 0 saturated carbocycles. The summed E-state index contributed by atoms with van der Waals surface area (Å²) < 4.78 is 5.13. The number of phenolic OH excluding ortho intramolecular Hbond substituents is 1. The van der Waals surface area contributed by atoms with Crippen LogP contribution in [-0.4, -0.2) is 29.3 Å². The van der Waals surface area contributed by atoms with Gasteiger partial charge in [-0.15, -0.1) is 6.58 Å². The van der Waals surface area contributed by atoms with Crippen LogP contribution in [0.15, 0.2) is 54.4 Å². The molecular weight excluding hydrogens is 294 g/mol. The van der Waals surface area contributed by atoms with E-state index in [2.05, 4.69) is 22.1 Å². The van der Waals surface area contributed by atoms with Crippen LogP contribution in [0.25, 0.3) is 0 Å². The highest BCUT2D eigenvalue weighted by Gasteiger charge is 2.09. The molecule has 2 rings (SSSR count). The number of pyridine rings is 1. The van der Waals surface area contributed by atoms with Crippen molar-refractivity contribution in [1.29, 1.82) is 0 Å². The topological polar surface area (TPSA) is 83.8 Å². The molecule has 0 saturated heterocycles. The van der Waals surface area contributed by atoms with Gasteiger partial charge in [0.2, 0.25) is 0 Å². The van der Waals surface area contributed by atoms with Crippen LogP contribution in [0.3, 0.4) is 0 Å². The first-order valence-corrected chi connectivity index (χ1v) is 6.90. The van der Waals surface area contributed by atoms with E-state index in [1.165, 1.54) is 19.5 Å². The monoisotopic (exact) mass is 311 g/mol. The standard InChI is InChI=1S/C17H17N3O3/c1-3-5-12-8-14(16(21)15(9-12)23-2)11-19-20-17(22)13-6-4-7-18-10-13/h3-4,6-11,21H,1,5H2,2H3,(H,20,22)/b19-11+. The SMILES string of the molecule is C=CCc1cc(/C=N/NC(=O)c2cccnc2)c(O)c(OC)c1. The van der Waals surface area contributed by atoms with E-state index in [1.807, 2.05) is 0 Å². The van der Waals surface area contributed by atoms with E-state index >= 15 is 0 Å². The molecular formula is C17H17N3O3. The number of hydrogen-bond acceptors (Lipinski definition) is 5. The lowest BCUT2D eigenvalue weighted by atomic mass is 10.1. The predicted octanol–water partition coefficient (Wildman–Crippen LogP) is 2.29. The molecule has 0 spiro atoms. The van der Waals surface area contributed by atoms with Gasteiger partial charge in [0.1, 0.15) is 0 Å². The van der Waals surface area contributed by atoms with Crippen LogP contribution >= 0.6 is 0 Å². The summed E-state index contributed by atoms with van der Waals surface area (Å²) in [6.45, 7) is 3.68. The Labute approximate surface area is 134 Å². The zero-order chi connectivity index (χ0) is 16.7. The van der Waals surface area contributed by atoms with Gasteiger partial charge in [0, 0.05) is 18.0 Å². The number of rotatable bonds is 6. The maximum Gasteiger partial charge on any atom is 0.272 e. The van der Waals surface area contributed by atoms with Crippen molar-refractivity contribution in [2.75, 3.05) is 7.11 Å². The number of amides is 1. The fraction of sp³-hybridized carbons (Fsp3) is 0.118. The van der Waals surface area contributed by atoms with Gasteiger partial charge in [-0.05, 0) is 36.2 Å². The number of benzene rings is 1. The van der Waals surface area contributed by atoms with E-state index in [0.717, 1.165) is 5.56 Å². The third-order valence-electron chi connectivity index (χ3n) is 3.06. The fourth-order valence-corrected chi connectivity index (χ4v) is 1.95. The van der Waals surface area contributed by atoms with Crippen molar-refractivity contribution >= 4 is 12.1 Å².